The van der Waals surface area contributed by atoms with E-state index in [0.717, 1.165) is 25.3 Å². The number of aliphatic hydroxyl groups is 1. The summed E-state index contributed by atoms with van der Waals surface area (Å²) in [5.74, 6) is -0.552. The molecule has 134 valence electrons. The summed E-state index contributed by atoms with van der Waals surface area (Å²) < 4.78 is 38.4. The first-order valence-electron chi connectivity index (χ1n) is 8.05. The largest absolute Gasteiger partial charge is 0.419 e. The second-order valence-electron chi connectivity index (χ2n) is 6.14. The van der Waals surface area contributed by atoms with Gasteiger partial charge in [-0.3, -0.25) is 4.79 Å². The number of nitrogens with zero attached hydrogens (tertiary/aromatic N) is 1. The van der Waals surface area contributed by atoms with Gasteiger partial charge in [0.2, 0.25) is 5.91 Å². The molecule has 1 aromatic rings. The minimum absolute atomic E-state index is 0.0321. The molecule has 2 rings (SSSR count). The lowest BCUT2D eigenvalue weighted by Crippen LogP contribution is -2.39. The highest BCUT2D eigenvalue weighted by Crippen LogP contribution is 2.33. The van der Waals surface area contributed by atoms with Crippen molar-refractivity contribution >= 4 is 11.7 Å². The van der Waals surface area contributed by atoms with Crippen LogP contribution in [-0.2, 0) is 11.0 Å². The fraction of sp³-hybridized carbons (Fsp3) is 0.625. The van der Waals surface area contributed by atoms with Crippen molar-refractivity contribution in [3.8, 4) is 0 Å². The lowest BCUT2D eigenvalue weighted by Gasteiger charge is -2.31. The molecule has 0 aromatic carbocycles. The molecule has 1 aliphatic carbocycles. The van der Waals surface area contributed by atoms with E-state index in [9.17, 15) is 23.1 Å². The molecule has 1 fully saturated rings. The molecule has 1 heterocycles. The molecule has 0 aliphatic heterocycles. The zero-order valence-corrected chi connectivity index (χ0v) is 13.3. The summed E-state index contributed by atoms with van der Waals surface area (Å²) in [5, 5.41) is 15.5. The predicted octanol–water partition coefficient (Wildman–Crippen LogP) is 2.71. The van der Waals surface area contributed by atoms with Crippen molar-refractivity contribution in [3.63, 3.8) is 0 Å². The Bertz CT molecular complexity index is 558. The Morgan fingerprint density at radius 1 is 1.25 bits per heavy atom. The van der Waals surface area contributed by atoms with Crippen molar-refractivity contribution in [2.24, 2.45) is 0 Å². The van der Waals surface area contributed by atoms with E-state index in [1.54, 1.807) is 0 Å². The number of rotatable bonds is 6. The van der Waals surface area contributed by atoms with E-state index in [2.05, 4.69) is 15.6 Å². The average molecular weight is 345 g/mol. The summed E-state index contributed by atoms with van der Waals surface area (Å²) in [5.41, 5.74) is -1.78. The number of carbonyl (C=O) groups is 1. The maximum atomic E-state index is 12.8. The van der Waals surface area contributed by atoms with Gasteiger partial charge in [-0.05, 0) is 25.0 Å². The van der Waals surface area contributed by atoms with Crippen LogP contribution >= 0.6 is 0 Å². The molecule has 0 bridgehead atoms. The number of alkyl halides is 3. The van der Waals surface area contributed by atoms with Gasteiger partial charge in [-0.1, -0.05) is 19.3 Å². The van der Waals surface area contributed by atoms with Crippen LogP contribution in [0.4, 0.5) is 19.0 Å². The molecule has 1 aromatic heterocycles. The summed E-state index contributed by atoms with van der Waals surface area (Å²) in [6.45, 7) is 0.271. The van der Waals surface area contributed by atoms with E-state index >= 15 is 0 Å². The summed E-state index contributed by atoms with van der Waals surface area (Å²) in [4.78, 5) is 15.5. The van der Waals surface area contributed by atoms with E-state index in [4.69, 9.17) is 0 Å². The maximum Gasteiger partial charge on any atom is 0.419 e. The maximum absolute atomic E-state index is 12.8. The smallest absolute Gasteiger partial charge is 0.389 e. The zero-order chi connectivity index (χ0) is 17.6. The molecule has 0 atom stereocenters. The van der Waals surface area contributed by atoms with Gasteiger partial charge >= 0.3 is 6.18 Å². The fourth-order valence-electron chi connectivity index (χ4n) is 2.91. The number of aromatic nitrogens is 1. The highest BCUT2D eigenvalue weighted by molar-refractivity contribution is 5.77. The Morgan fingerprint density at radius 3 is 2.62 bits per heavy atom. The van der Waals surface area contributed by atoms with Gasteiger partial charge < -0.3 is 15.7 Å². The van der Waals surface area contributed by atoms with Crippen LogP contribution in [0.2, 0.25) is 0 Å². The molecule has 0 saturated heterocycles. The molecule has 1 amide bonds. The zero-order valence-electron chi connectivity index (χ0n) is 13.3. The van der Waals surface area contributed by atoms with E-state index in [0.29, 0.717) is 12.8 Å². The Morgan fingerprint density at radius 2 is 1.96 bits per heavy atom. The number of hydrogen-bond donors (Lipinski definition) is 3. The first kappa shape index (κ1) is 18.5. The molecule has 1 saturated carbocycles. The Balaban J connectivity index is 1.76. The summed E-state index contributed by atoms with van der Waals surface area (Å²) in [6, 6.07) is 2.17. The van der Waals surface area contributed by atoms with Gasteiger partial charge in [-0.25, -0.2) is 4.98 Å². The van der Waals surface area contributed by atoms with Crippen LogP contribution in [0, 0.1) is 0 Å². The van der Waals surface area contributed by atoms with Crippen molar-refractivity contribution in [1.82, 2.24) is 10.3 Å². The van der Waals surface area contributed by atoms with Gasteiger partial charge in [-0.2, -0.15) is 13.2 Å². The molecule has 1 aliphatic rings. The molecule has 24 heavy (non-hydrogen) atoms. The van der Waals surface area contributed by atoms with Crippen LogP contribution in [-0.4, -0.2) is 34.7 Å². The second kappa shape index (κ2) is 7.83. The van der Waals surface area contributed by atoms with E-state index in [-0.39, 0.29) is 31.2 Å². The number of hydrogen-bond acceptors (Lipinski definition) is 4. The van der Waals surface area contributed by atoms with Gasteiger partial charge in [0.15, 0.2) is 0 Å². The molecular weight excluding hydrogens is 323 g/mol. The summed E-state index contributed by atoms with van der Waals surface area (Å²) in [6.07, 6.45) is 0.933. The molecule has 0 spiro atoms. The molecule has 8 heteroatoms. The third-order valence-corrected chi connectivity index (χ3v) is 4.13. The Labute approximate surface area is 138 Å². The summed E-state index contributed by atoms with van der Waals surface area (Å²) in [7, 11) is 0. The van der Waals surface area contributed by atoms with Crippen molar-refractivity contribution < 1.29 is 23.1 Å². The number of amides is 1. The molecule has 0 unspecified atom stereocenters. The Hall–Kier alpha value is -1.83. The molecule has 3 N–H and O–H groups in total. The average Bonchev–Trinajstić information content (AvgIpc) is 2.51. The van der Waals surface area contributed by atoms with Gasteiger partial charge in [0, 0.05) is 19.3 Å². The normalized spacial score (nSPS) is 17.3. The quantitative estimate of drug-likeness (QED) is 0.693. The van der Waals surface area contributed by atoms with Crippen molar-refractivity contribution in [1.29, 1.82) is 0 Å². The number of nitrogens with one attached hydrogen (secondary N) is 2. The highest BCUT2D eigenvalue weighted by atomic mass is 19.4. The van der Waals surface area contributed by atoms with Crippen LogP contribution in [0.25, 0.3) is 0 Å². The van der Waals surface area contributed by atoms with E-state index in [1.165, 1.54) is 12.3 Å². The highest BCUT2D eigenvalue weighted by Gasteiger charge is 2.34. The molecule has 5 nitrogen and oxygen atoms in total. The molecular formula is C16H22F3N3O2. The van der Waals surface area contributed by atoms with Crippen LogP contribution < -0.4 is 10.6 Å². The van der Waals surface area contributed by atoms with Gasteiger partial charge in [-0.15, -0.1) is 0 Å². The monoisotopic (exact) mass is 345 g/mol. The minimum Gasteiger partial charge on any atom is -0.389 e. The van der Waals surface area contributed by atoms with Crippen LogP contribution in [0.1, 0.15) is 44.1 Å². The standard InChI is InChI=1S/C16H22F3N3O2/c17-16(18,19)12-5-4-8-21-14(12)22-10-9-20-13(23)11-15(24)6-2-1-3-7-15/h4-5,8,24H,1-3,6-7,9-11H2,(H,20,23)(H,21,22). The number of anilines is 1. The first-order valence-corrected chi connectivity index (χ1v) is 8.05. The van der Waals surface area contributed by atoms with Crippen LogP contribution in [0.3, 0.4) is 0 Å². The Kier molecular flexibility index (Phi) is 6.04. The van der Waals surface area contributed by atoms with Crippen molar-refractivity contribution in [2.45, 2.75) is 50.3 Å². The predicted molar refractivity (Wildman–Crippen MR) is 83.4 cm³/mol. The second-order valence-corrected chi connectivity index (χ2v) is 6.14. The lowest BCUT2D eigenvalue weighted by atomic mass is 9.82. The molecule has 0 radical (unpaired) electrons. The minimum atomic E-state index is -4.48. The fourth-order valence-corrected chi connectivity index (χ4v) is 2.91. The van der Waals surface area contributed by atoms with E-state index < -0.39 is 17.3 Å². The van der Waals surface area contributed by atoms with Crippen molar-refractivity contribution in [3.05, 3.63) is 23.9 Å². The first-order chi connectivity index (χ1) is 11.3. The number of pyridine rings is 1. The van der Waals surface area contributed by atoms with Crippen LogP contribution in [0.15, 0.2) is 18.3 Å². The number of halogens is 3. The van der Waals surface area contributed by atoms with E-state index in [1.807, 2.05) is 0 Å². The van der Waals surface area contributed by atoms with Gasteiger partial charge in [0.05, 0.1) is 17.6 Å². The topological polar surface area (TPSA) is 74.2 Å². The SMILES string of the molecule is O=C(CC1(O)CCCCC1)NCCNc1ncccc1C(F)(F)F. The summed E-state index contributed by atoms with van der Waals surface area (Å²) >= 11 is 0. The van der Waals surface area contributed by atoms with Gasteiger partial charge in [0.25, 0.3) is 0 Å². The van der Waals surface area contributed by atoms with Crippen molar-refractivity contribution in [2.75, 3.05) is 18.4 Å². The third kappa shape index (κ3) is 5.36. The lowest BCUT2D eigenvalue weighted by molar-refractivity contribution is -0.137. The number of carbonyl (C=O) groups excluding carboxylic acids is 1. The van der Waals surface area contributed by atoms with Gasteiger partial charge in [0.1, 0.15) is 5.82 Å². The van der Waals surface area contributed by atoms with Crippen LogP contribution in [0.5, 0.6) is 0 Å². The third-order valence-electron chi connectivity index (χ3n) is 4.13.